The lowest BCUT2D eigenvalue weighted by Gasteiger charge is -2.32. The van der Waals surface area contributed by atoms with Crippen molar-refractivity contribution in [2.75, 3.05) is 6.54 Å². The number of halogens is 2. The number of alkyl halides is 2. The predicted molar refractivity (Wildman–Crippen MR) is 54.4 cm³/mol. The molecule has 0 saturated carbocycles. The Balaban J connectivity index is 2.14. The first kappa shape index (κ1) is 10.9. The predicted octanol–water partition coefficient (Wildman–Crippen LogP) is 0.243. The van der Waals surface area contributed by atoms with E-state index >= 15 is 0 Å². The molecule has 3 unspecified atom stereocenters. The van der Waals surface area contributed by atoms with Crippen molar-refractivity contribution in [3.8, 4) is 0 Å². The quantitative estimate of drug-likeness (QED) is 0.532. The molecule has 0 fully saturated rings. The largest absolute Gasteiger partial charge is 0.367 e. The number of hydrogen-bond donors (Lipinski definition) is 2. The standard InChI is InChI=1S/C9H12ClFN2O2/c10-5-1-2-6-9(8(5)11)13(4-12-6)3-7(14)15/h2,4-5,7-9,14-15H,1,3H2. The minimum Gasteiger partial charge on any atom is -0.367 e. The number of fused-ring (bicyclic) bond motifs is 1. The van der Waals surface area contributed by atoms with Gasteiger partial charge in [0.05, 0.1) is 24.0 Å². The van der Waals surface area contributed by atoms with Crippen LogP contribution in [-0.4, -0.2) is 51.9 Å². The van der Waals surface area contributed by atoms with Crippen molar-refractivity contribution in [1.29, 1.82) is 0 Å². The van der Waals surface area contributed by atoms with Crippen molar-refractivity contribution in [3.63, 3.8) is 0 Å². The molecular weight excluding hydrogens is 223 g/mol. The lowest BCUT2D eigenvalue weighted by molar-refractivity contribution is -0.0557. The highest BCUT2D eigenvalue weighted by molar-refractivity contribution is 6.21. The fourth-order valence-electron chi connectivity index (χ4n) is 1.89. The second-order valence-electron chi connectivity index (χ2n) is 3.69. The molecular formula is C9H12ClFN2O2. The number of hydrogen-bond acceptors (Lipinski definition) is 4. The molecule has 0 saturated heterocycles. The van der Waals surface area contributed by atoms with E-state index in [-0.39, 0.29) is 6.54 Å². The lowest BCUT2D eigenvalue weighted by atomic mass is 9.96. The molecule has 15 heavy (non-hydrogen) atoms. The van der Waals surface area contributed by atoms with E-state index in [0.29, 0.717) is 12.1 Å². The average molecular weight is 235 g/mol. The molecule has 0 aromatic heterocycles. The highest BCUT2D eigenvalue weighted by Crippen LogP contribution is 2.32. The number of β-amino-alcohol motifs (C(OH)–C–C–N with tert-alkyl or cyclic N) is 2. The van der Waals surface area contributed by atoms with Crippen LogP contribution in [0.15, 0.2) is 16.8 Å². The van der Waals surface area contributed by atoms with Crippen LogP contribution < -0.4 is 0 Å². The van der Waals surface area contributed by atoms with E-state index in [0.717, 1.165) is 0 Å². The van der Waals surface area contributed by atoms with Gasteiger partial charge >= 0.3 is 0 Å². The van der Waals surface area contributed by atoms with Gasteiger partial charge in [-0.3, -0.25) is 0 Å². The first-order valence-electron chi connectivity index (χ1n) is 4.74. The van der Waals surface area contributed by atoms with E-state index in [1.807, 2.05) is 0 Å². The zero-order valence-electron chi connectivity index (χ0n) is 7.92. The van der Waals surface area contributed by atoms with Crippen LogP contribution in [0.25, 0.3) is 0 Å². The number of aliphatic hydroxyl groups is 2. The molecule has 0 aromatic carbocycles. The summed E-state index contributed by atoms with van der Waals surface area (Å²) in [4.78, 5) is 5.49. The normalized spacial score (nSPS) is 34.6. The molecule has 84 valence electrons. The topological polar surface area (TPSA) is 56.1 Å². The van der Waals surface area contributed by atoms with Gasteiger partial charge in [0.25, 0.3) is 0 Å². The van der Waals surface area contributed by atoms with Crippen molar-refractivity contribution in [2.45, 2.75) is 30.3 Å². The summed E-state index contributed by atoms with van der Waals surface area (Å²) in [5, 5.41) is 17.1. The van der Waals surface area contributed by atoms with Gasteiger partial charge in [0.2, 0.25) is 0 Å². The fraction of sp³-hybridized carbons (Fsp3) is 0.667. The zero-order chi connectivity index (χ0) is 11.0. The van der Waals surface area contributed by atoms with E-state index in [4.69, 9.17) is 21.8 Å². The highest BCUT2D eigenvalue weighted by atomic mass is 35.5. The molecule has 4 nitrogen and oxygen atoms in total. The molecule has 0 bridgehead atoms. The minimum absolute atomic E-state index is 0.0600. The summed E-state index contributed by atoms with van der Waals surface area (Å²) in [6, 6.07) is -0.567. The van der Waals surface area contributed by atoms with Crippen molar-refractivity contribution in [2.24, 2.45) is 4.99 Å². The van der Waals surface area contributed by atoms with Crippen LogP contribution in [0.2, 0.25) is 0 Å². The van der Waals surface area contributed by atoms with Gasteiger partial charge in [0, 0.05) is 0 Å². The summed E-state index contributed by atoms with van der Waals surface area (Å²) in [6.45, 7) is -0.0600. The SMILES string of the molecule is OC(O)CN1C=NC2=CCC(Cl)C(F)C21. The molecule has 1 aliphatic carbocycles. The van der Waals surface area contributed by atoms with Gasteiger partial charge in [0.15, 0.2) is 6.29 Å². The Bertz CT molecular complexity index is 308. The molecule has 0 spiro atoms. The number of aliphatic imine (C=N–C) groups is 1. The molecule has 0 aromatic rings. The van der Waals surface area contributed by atoms with E-state index in [9.17, 15) is 4.39 Å². The molecule has 1 heterocycles. The van der Waals surface area contributed by atoms with E-state index < -0.39 is 23.9 Å². The third kappa shape index (κ3) is 2.00. The van der Waals surface area contributed by atoms with Gasteiger partial charge in [-0.05, 0) is 6.42 Å². The molecule has 2 rings (SSSR count). The van der Waals surface area contributed by atoms with Gasteiger partial charge in [-0.15, -0.1) is 11.6 Å². The summed E-state index contributed by atoms with van der Waals surface area (Å²) >= 11 is 5.81. The van der Waals surface area contributed by atoms with E-state index in [2.05, 4.69) is 4.99 Å². The van der Waals surface area contributed by atoms with Crippen molar-refractivity contribution < 1.29 is 14.6 Å². The molecule has 1 aliphatic heterocycles. The van der Waals surface area contributed by atoms with Gasteiger partial charge in [-0.2, -0.15) is 0 Å². The number of nitrogens with zero attached hydrogens (tertiary/aromatic N) is 2. The Kier molecular flexibility index (Phi) is 2.95. The van der Waals surface area contributed by atoms with Crippen LogP contribution in [0.1, 0.15) is 6.42 Å². The number of rotatable bonds is 2. The van der Waals surface area contributed by atoms with Crippen LogP contribution in [0.3, 0.4) is 0 Å². The first-order valence-corrected chi connectivity index (χ1v) is 5.17. The van der Waals surface area contributed by atoms with E-state index in [1.165, 1.54) is 11.2 Å². The number of aliphatic hydroxyl groups excluding tert-OH is 1. The van der Waals surface area contributed by atoms with Crippen molar-refractivity contribution >= 4 is 17.9 Å². The Labute approximate surface area is 91.7 Å². The molecule has 3 atom stereocenters. The molecule has 0 radical (unpaired) electrons. The Morgan fingerprint density at radius 3 is 3.07 bits per heavy atom. The van der Waals surface area contributed by atoms with Crippen molar-refractivity contribution in [1.82, 2.24) is 4.90 Å². The third-order valence-corrected chi connectivity index (χ3v) is 3.01. The van der Waals surface area contributed by atoms with Crippen molar-refractivity contribution in [3.05, 3.63) is 11.8 Å². The van der Waals surface area contributed by atoms with Gasteiger partial charge in [0.1, 0.15) is 12.2 Å². The maximum atomic E-state index is 13.8. The minimum atomic E-state index is -1.50. The fourth-order valence-corrected chi connectivity index (χ4v) is 2.12. The van der Waals surface area contributed by atoms with Gasteiger partial charge in [-0.1, -0.05) is 6.08 Å². The average Bonchev–Trinajstić information content (AvgIpc) is 2.55. The monoisotopic (exact) mass is 234 g/mol. The maximum Gasteiger partial charge on any atom is 0.169 e. The Morgan fingerprint density at radius 1 is 1.67 bits per heavy atom. The lowest BCUT2D eigenvalue weighted by Crippen LogP contribution is -2.46. The molecule has 2 N–H and O–H groups in total. The Morgan fingerprint density at radius 2 is 2.40 bits per heavy atom. The smallest absolute Gasteiger partial charge is 0.169 e. The summed E-state index contributed by atoms with van der Waals surface area (Å²) in [7, 11) is 0. The summed E-state index contributed by atoms with van der Waals surface area (Å²) in [5.74, 6) is 0. The summed E-state index contributed by atoms with van der Waals surface area (Å²) < 4.78 is 13.8. The summed E-state index contributed by atoms with van der Waals surface area (Å²) in [6.07, 6.45) is 0.948. The molecule has 6 heteroatoms. The molecule has 2 aliphatic rings. The molecule has 0 amide bonds. The maximum absolute atomic E-state index is 13.8. The van der Waals surface area contributed by atoms with Gasteiger partial charge < -0.3 is 15.1 Å². The van der Waals surface area contributed by atoms with Crippen LogP contribution in [-0.2, 0) is 0 Å². The van der Waals surface area contributed by atoms with Crippen LogP contribution in [0, 0.1) is 0 Å². The highest BCUT2D eigenvalue weighted by Gasteiger charge is 2.40. The van der Waals surface area contributed by atoms with E-state index in [1.54, 1.807) is 6.08 Å². The second kappa shape index (κ2) is 4.08. The third-order valence-electron chi connectivity index (χ3n) is 2.59. The van der Waals surface area contributed by atoms with Gasteiger partial charge in [-0.25, -0.2) is 9.38 Å². The van der Waals surface area contributed by atoms with Crippen LogP contribution in [0.4, 0.5) is 4.39 Å². The van der Waals surface area contributed by atoms with Crippen LogP contribution in [0.5, 0.6) is 0 Å². The first-order chi connectivity index (χ1) is 7.09. The van der Waals surface area contributed by atoms with Crippen LogP contribution >= 0.6 is 11.6 Å². The Hall–Kier alpha value is -0.650. The zero-order valence-corrected chi connectivity index (χ0v) is 8.68. The number of allylic oxidation sites excluding steroid dienone is 1. The summed E-state index contributed by atoms with van der Waals surface area (Å²) in [5.41, 5.74) is 0.625. The second-order valence-corrected chi connectivity index (χ2v) is 4.25.